The summed E-state index contributed by atoms with van der Waals surface area (Å²) in [5.74, 6) is 0. The highest BCUT2D eigenvalue weighted by molar-refractivity contribution is 7.20. The minimum Gasteiger partial charge on any atom is -0.309 e. The van der Waals surface area contributed by atoms with E-state index in [1.807, 2.05) is 0 Å². The first-order valence-corrected chi connectivity index (χ1v) is 32.7. The lowest BCUT2D eigenvalue weighted by molar-refractivity contribution is 1.16. The van der Waals surface area contributed by atoms with Gasteiger partial charge in [0, 0.05) is 49.4 Å². The Hall–Kier alpha value is -10.3. The molecule has 0 fully saturated rings. The molecule has 0 amide bonds. The molecule has 5 heteroatoms. The summed E-state index contributed by atoms with van der Waals surface area (Å²) in [6.45, 7) is 0. The van der Waals surface area contributed by atoms with Crippen molar-refractivity contribution in [2.24, 2.45) is 0 Å². The van der Waals surface area contributed by atoms with Crippen molar-refractivity contribution < 1.29 is 0 Å². The molecule has 390 valence electrons. The number of hydrogen-bond acceptors (Lipinski definition) is 0. The van der Waals surface area contributed by atoms with Gasteiger partial charge in [-0.25, -0.2) is 0 Å². The van der Waals surface area contributed by atoms with Gasteiger partial charge in [-0.15, -0.1) is 0 Å². The van der Waals surface area contributed by atoms with E-state index in [-0.39, 0.29) is 0 Å². The Morgan fingerprint density at radius 3 is 0.783 bits per heavy atom. The summed E-state index contributed by atoms with van der Waals surface area (Å²) in [5, 5.41) is 18.2. The third-order valence-electron chi connectivity index (χ3n) is 17.7. The standard InChI is InChI=1S/C78H55N3Si2/c1-7-27-59(28-8-1)82(60-29-9-2-10-30-60,61-31-11-3-12-32-61)65-39-25-26-56(52-65)79-75-45-24-21-42-69(75)70-53-57(46-49-76(70)79)81-77-50-47-58(80-73-43-22-19-40-67(73)68-41-20-23-44-74(68)80)54-71(77)72-55-66(48-51-78(72)81)83(62-33-13-4-14-34-62,63-35-15-5-16-36-63)64-37-17-6-18-38-64/h1-55H. The van der Waals surface area contributed by atoms with Gasteiger partial charge >= 0.3 is 0 Å². The number of hydrogen-bond donors (Lipinski definition) is 0. The molecule has 0 bridgehead atoms. The molecule has 0 saturated carbocycles. The van der Waals surface area contributed by atoms with Gasteiger partial charge in [-0.3, -0.25) is 0 Å². The van der Waals surface area contributed by atoms with Crippen LogP contribution in [-0.2, 0) is 0 Å². The van der Waals surface area contributed by atoms with Crippen molar-refractivity contribution in [2.45, 2.75) is 0 Å². The van der Waals surface area contributed by atoms with Crippen LogP contribution in [-0.4, -0.2) is 29.8 Å². The Bertz CT molecular complexity index is 4820. The largest absolute Gasteiger partial charge is 0.309 e. The molecule has 3 heterocycles. The molecule has 0 aliphatic carbocycles. The van der Waals surface area contributed by atoms with E-state index in [1.54, 1.807) is 0 Å². The van der Waals surface area contributed by atoms with Crippen LogP contribution in [0.3, 0.4) is 0 Å². The number of rotatable bonds is 11. The Balaban J connectivity index is 0.943. The molecule has 0 unspecified atom stereocenters. The highest BCUT2D eigenvalue weighted by atomic mass is 28.3. The van der Waals surface area contributed by atoms with Gasteiger partial charge in [0.05, 0.1) is 33.1 Å². The van der Waals surface area contributed by atoms with Crippen LogP contribution in [0.1, 0.15) is 0 Å². The van der Waals surface area contributed by atoms with Crippen LogP contribution >= 0.6 is 0 Å². The highest BCUT2D eigenvalue weighted by Gasteiger charge is 2.43. The second kappa shape index (κ2) is 19.7. The fraction of sp³-hybridized carbons (Fsp3) is 0. The quantitative estimate of drug-likeness (QED) is 0.0906. The van der Waals surface area contributed by atoms with Gasteiger partial charge < -0.3 is 13.7 Å². The highest BCUT2D eigenvalue weighted by Crippen LogP contribution is 2.39. The number of nitrogens with zero attached hydrogens (tertiary/aromatic N) is 3. The first-order chi connectivity index (χ1) is 41.2. The Labute approximate surface area is 484 Å². The van der Waals surface area contributed by atoms with Crippen molar-refractivity contribution in [3.63, 3.8) is 0 Å². The maximum absolute atomic E-state index is 2.90. The molecule has 16 aromatic rings. The third kappa shape index (κ3) is 7.49. The van der Waals surface area contributed by atoms with Crippen LogP contribution in [0.5, 0.6) is 0 Å². The minimum atomic E-state index is -2.90. The number of benzene rings is 13. The van der Waals surface area contributed by atoms with Gasteiger partial charge in [-0.05, 0) is 114 Å². The second-order valence-electron chi connectivity index (χ2n) is 21.9. The molecule has 3 aromatic heterocycles. The Morgan fingerprint density at radius 1 is 0.157 bits per heavy atom. The lowest BCUT2D eigenvalue weighted by Crippen LogP contribution is -2.74. The summed E-state index contributed by atoms with van der Waals surface area (Å²) < 4.78 is 7.47. The Morgan fingerprint density at radius 2 is 0.410 bits per heavy atom. The maximum Gasteiger partial charge on any atom is 0.179 e. The summed E-state index contributed by atoms with van der Waals surface area (Å²) in [7, 11) is -5.71. The maximum atomic E-state index is 2.56. The zero-order valence-corrected chi connectivity index (χ0v) is 47.6. The van der Waals surface area contributed by atoms with Crippen LogP contribution in [0.25, 0.3) is 82.5 Å². The van der Waals surface area contributed by atoms with Gasteiger partial charge in [0.15, 0.2) is 16.1 Å². The summed E-state index contributed by atoms with van der Waals surface area (Å²) in [6.07, 6.45) is 0. The Kier molecular flexibility index (Phi) is 11.6. The smallest absolute Gasteiger partial charge is 0.179 e. The number of fused-ring (bicyclic) bond motifs is 9. The normalized spacial score (nSPS) is 12.1. The third-order valence-corrected chi connectivity index (χ3v) is 27.3. The summed E-state index contributed by atoms with van der Waals surface area (Å²) in [6, 6.07) is 125. The van der Waals surface area contributed by atoms with Crippen molar-refractivity contribution in [2.75, 3.05) is 0 Å². The fourth-order valence-electron chi connectivity index (χ4n) is 14.2. The number of aromatic nitrogens is 3. The van der Waals surface area contributed by atoms with Crippen LogP contribution in [0, 0.1) is 0 Å². The van der Waals surface area contributed by atoms with Crippen molar-refractivity contribution in [1.82, 2.24) is 13.7 Å². The van der Waals surface area contributed by atoms with E-state index in [4.69, 9.17) is 0 Å². The van der Waals surface area contributed by atoms with Gasteiger partial charge in [0.1, 0.15) is 0 Å². The van der Waals surface area contributed by atoms with Crippen molar-refractivity contribution in [3.8, 4) is 17.1 Å². The first kappa shape index (κ1) is 48.6. The molecule has 0 radical (unpaired) electrons. The van der Waals surface area contributed by atoms with E-state index in [1.165, 1.54) is 101 Å². The summed E-state index contributed by atoms with van der Waals surface area (Å²) >= 11 is 0. The minimum absolute atomic E-state index is 1.12. The van der Waals surface area contributed by atoms with Crippen molar-refractivity contribution >= 4 is 123 Å². The SMILES string of the molecule is c1ccc([Si](c2ccccc2)(c2ccccc2)c2cccc(-n3c4ccccc4c4cc(-n5c6ccc(-n7c8ccccc8c8ccccc87)cc6c6cc([Si](c7ccccc7)(c7ccccc7)c7ccccc7)ccc65)ccc43)c2)cc1. The van der Waals surface area contributed by atoms with Crippen molar-refractivity contribution in [1.29, 1.82) is 0 Å². The predicted molar refractivity (Wildman–Crippen MR) is 357 cm³/mol. The van der Waals surface area contributed by atoms with Crippen LogP contribution in [0.2, 0.25) is 0 Å². The van der Waals surface area contributed by atoms with Gasteiger partial charge in [-0.2, -0.15) is 0 Å². The molecule has 13 aromatic carbocycles. The van der Waals surface area contributed by atoms with E-state index in [9.17, 15) is 0 Å². The molecule has 0 atom stereocenters. The van der Waals surface area contributed by atoms with Crippen LogP contribution in [0.4, 0.5) is 0 Å². The lowest BCUT2D eigenvalue weighted by atomic mass is 10.1. The van der Waals surface area contributed by atoms with Crippen LogP contribution < -0.4 is 41.5 Å². The van der Waals surface area contributed by atoms with Crippen LogP contribution in [0.15, 0.2) is 334 Å². The molecular formula is C78H55N3Si2. The topological polar surface area (TPSA) is 14.8 Å². The summed E-state index contributed by atoms with van der Waals surface area (Å²) in [5.41, 5.74) is 10.5. The van der Waals surface area contributed by atoms with E-state index in [2.05, 4.69) is 347 Å². The molecule has 0 saturated heterocycles. The molecule has 83 heavy (non-hydrogen) atoms. The first-order valence-electron chi connectivity index (χ1n) is 28.7. The average Bonchev–Trinajstić information content (AvgIpc) is 3.19. The predicted octanol–water partition coefficient (Wildman–Crippen LogP) is 13.7. The number of para-hydroxylation sites is 3. The zero-order valence-electron chi connectivity index (χ0n) is 45.6. The molecule has 0 aliphatic rings. The van der Waals surface area contributed by atoms with E-state index < -0.39 is 16.1 Å². The van der Waals surface area contributed by atoms with Gasteiger partial charge in [0.25, 0.3) is 0 Å². The second-order valence-corrected chi connectivity index (χ2v) is 29.6. The molecule has 0 N–H and O–H groups in total. The lowest BCUT2D eigenvalue weighted by Gasteiger charge is -2.34. The van der Waals surface area contributed by atoms with Gasteiger partial charge in [0.2, 0.25) is 0 Å². The van der Waals surface area contributed by atoms with Gasteiger partial charge in [-0.1, -0.05) is 261 Å². The molecule has 3 nitrogen and oxygen atoms in total. The molecule has 0 spiro atoms. The molecular weight excluding hydrogens is 1040 g/mol. The van der Waals surface area contributed by atoms with Crippen molar-refractivity contribution in [3.05, 3.63) is 334 Å². The fourth-order valence-corrected chi connectivity index (χ4v) is 23.8. The average molecular weight is 1090 g/mol. The molecule has 0 aliphatic heterocycles. The zero-order chi connectivity index (χ0) is 54.9. The van der Waals surface area contributed by atoms with E-state index in [0.29, 0.717) is 0 Å². The summed E-state index contributed by atoms with van der Waals surface area (Å²) in [4.78, 5) is 0. The molecule has 16 rings (SSSR count). The van der Waals surface area contributed by atoms with E-state index >= 15 is 0 Å². The van der Waals surface area contributed by atoms with E-state index in [0.717, 1.165) is 22.6 Å². The monoisotopic (exact) mass is 1090 g/mol.